The summed E-state index contributed by atoms with van der Waals surface area (Å²) < 4.78 is 0. The van der Waals surface area contributed by atoms with Gasteiger partial charge in [0.05, 0.1) is 10.7 Å². The fourth-order valence-electron chi connectivity index (χ4n) is 1.70. The second kappa shape index (κ2) is 6.22. The Kier molecular flexibility index (Phi) is 4.61. The van der Waals surface area contributed by atoms with Gasteiger partial charge >= 0.3 is 0 Å². The minimum absolute atomic E-state index is 0.0132. The minimum atomic E-state index is -0.0132. The van der Waals surface area contributed by atoms with Gasteiger partial charge in [0.25, 0.3) is 0 Å². The first-order valence-corrected chi connectivity index (χ1v) is 7.29. The van der Waals surface area contributed by atoms with Crippen molar-refractivity contribution in [2.24, 2.45) is 0 Å². The Bertz CT molecular complexity index is 593. The topological polar surface area (TPSA) is 30.0 Å². The number of halogens is 1. The zero-order chi connectivity index (χ0) is 13.8. The Morgan fingerprint density at radius 2 is 2.00 bits per heavy atom. The highest BCUT2D eigenvalue weighted by atomic mass is 35.5. The number of rotatable bonds is 4. The highest BCUT2D eigenvalue weighted by molar-refractivity contribution is 7.98. The van der Waals surface area contributed by atoms with Crippen molar-refractivity contribution < 1.29 is 4.79 Å². The summed E-state index contributed by atoms with van der Waals surface area (Å²) in [7, 11) is 0. The molecule has 0 bridgehead atoms. The smallest absolute Gasteiger partial charge is 0.178 e. The number of nitrogens with zero attached hydrogens (tertiary/aromatic N) is 1. The molecule has 2 rings (SSSR count). The van der Waals surface area contributed by atoms with Gasteiger partial charge in [-0.05, 0) is 30.7 Å². The van der Waals surface area contributed by atoms with E-state index in [0.717, 1.165) is 21.2 Å². The molecule has 0 spiro atoms. The zero-order valence-corrected chi connectivity index (χ0v) is 12.4. The van der Waals surface area contributed by atoms with Gasteiger partial charge < -0.3 is 0 Å². The molecule has 0 unspecified atom stereocenters. The van der Waals surface area contributed by atoms with Crippen molar-refractivity contribution in [1.82, 2.24) is 4.98 Å². The van der Waals surface area contributed by atoms with Crippen LogP contribution in [0.3, 0.4) is 0 Å². The molecule has 0 aliphatic heterocycles. The summed E-state index contributed by atoms with van der Waals surface area (Å²) in [5.74, 6) is 0.687. The van der Waals surface area contributed by atoms with Crippen LogP contribution in [0.15, 0.2) is 41.3 Å². The molecule has 2 aromatic rings. The molecule has 0 aliphatic carbocycles. The van der Waals surface area contributed by atoms with E-state index in [1.54, 1.807) is 17.8 Å². The third kappa shape index (κ3) is 3.58. The predicted molar refractivity (Wildman–Crippen MR) is 80.0 cm³/mol. The molecule has 98 valence electrons. The number of aromatic nitrogens is 1. The van der Waals surface area contributed by atoms with E-state index in [9.17, 15) is 4.79 Å². The van der Waals surface area contributed by atoms with Crippen molar-refractivity contribution >= 4 is 29.1 Å². The van der Waals surface area contributed by atoms with Crippen LogP contribution in [-0.2, 0) is 5.75 Å². The van der Waals surface area contributed by atoms with Gasteiger partial charge in [-0.25, -0.2) is 4.98 Å². The fraction of sp³-hybridized carbons (Fsp3) is 0.200. The fourth-order valence-corrected chi connectivity index (χ4v) is 3.04. The van der Waals surface area contributed by atoms with E-state index < -0.39 is 0 Å². The predicted octanol–water partition coefficient (Wildman–Crippen LogP) is 4.54. The van der Waals surface area contributed by atoms with E-state index in [0.29, 0.717) is 11.4 Å². The molecular weight excluding hydrogens is 278 g/mol. The van der Waals surface area contributed by atoms with E-state index >= 15 is 0 Å². The number of ketones is 1. The van der Waals surface area contributed by atoms with Gasteiger partial charge in [-0.2, -0.15) is 0 Å². The highest BCUT2D eigenvalue weighted by Gasteiger charge is 2.07. The first-order valence-electron chi connectivity index (χ1n) is 5.92. The molecule has 0 saturated carbocycles. The van der Waals surface area contributed by atoms with Crippen molar-refractivity contribution in [2.45, 2.75) is 24.5 Å². The van der Waals surface area contributed by atoms with Crippen LogP contribution in [0.1, 0.15) is 28.7 Å². The maximum absolute atomic E-state index is 11.3. The van der Waals surface area contributed by atoms with Crippen LogP contribution in [0.25, 0.3) is 0 Å². The number of hydrogen-bond acceptors (Lipinski definition) is 3. The molecule has 19 heavy (non-hydrogen) atoms. The van der Waals surface area contributed by atoms with Gasteiger partial charge in [0, 0.05) is 17.6 Å². The summed E-state index contributed by atoms with van der Waals surface area (Å²) >= 11 is 7.82. The van der Waals surface area contributed by atoms with Crippen LogP contribution in [0.5, 0.6) is 0 Å². The SMILES string of the molecule is CC(=O)c1cccc(CSc2c(C)cccc2Cl)n1. The first-order chi connectivity index (χ1) is 9.08. The second-order valence-electron chi connectivity index (χ2n) is 4.24. The third-order valence-corrected chi connectivity index (χ3v) is 4.39. The molecule has 1 heterocycles. The van der Waals surface area contributed by atoms with Crippen LogP contribution in [-0.4, -0.2) is 10.8 Å². The minimum Gasteiger partial charge on any atom is -0.293 e. The number of carbonyl (C=O) groups excluding carboxylic acids is 1. The quantitative estimate of drug-likeness (QED) is 0.612. The molecule has 1 aromatic carbocycles. The van der Waals surface area contributed by atoms with Gasteiger partial charge in [-0.15, -0.1) is 11.8 Å². The maximum Gasteiger partial charge on any atom is 0.178 e. The number of hydrogen-bond donors (Lipinski definition) is 0. The van der Waals surface area contributed by atoms with Crippen molar-refractivity contribution in [1.29, 1.82) is 0 Å². The highest BCUT2D eigenvalue weighted by Crippen LogP contribution is 2.32. The first kappa shape index (κ1) is 14.1. The van der Waals surface area contributed by atoms with E-state index in [1.165, 1.54) is 6.92 Å². The van der Waals surface area contributed by atoms with Gasteiger partial charge in [0.1, 0.15) is 5.69 Å². The molecular formula is C15H14ClNOS. The summed E-state index contributed by atoms with van der Waals surface area (Å²) in [4.78, 5) is 16.7. The molecule has 0 atom stereocenters. The van der Waals surface area contributed by atoms with Crippen LogP contribution in [0.2, 0.25) is 5.02 Å². The van der Waals surface area contributed by atoms with E-state index in [2.05, 4.69) is 4.98 Å². The van der Waals surface area contributed by atoms with Gasteiger partial charge in [-0.1, -0.05) is 29.8 Å². The lowest BCUT2D eigenvalue weighted by molar-refractivity contribution is 0.101. The van der Waals surface area contributed by atoms with Crippen molar-refractivity contribution in [3.63, 3.8) is 0 Å². The van der Waals surface area contributed by atoms with E-state index in [4.69, 9.17) is 11.6 Å². The molecule has 0 fully saturated rings. The largest absolute Gasteiger partial charge is 0.293 e. The molecule has 1 aromatic heterocycles. The maximum atomic E-state index is 11.3. The summed E-state index contributed by atoms with van der Waals surface area (Å²) in [5, 5.41) is 0.757. The lowest BCUT2D eigenvalue weighted by Gasteiger charge is -2.07. The van der Waals surface area contributed by atoms with E-state index in [-0.39, 0.29) is 5.78 Å². The molecule has 0 N–H and O–H groups in total. The van der Waals surface area contributed by atoms with Crippen LogP contribution >= 0.6 is 23.4 Å². The third-order valence-electron chi connectivity index (χ3n) is 2.70. The van der Waals surface area contributed by atoms with Crippen molar-refractivity contribution in [3.05, 3.63) is 58.4 Å². The number of benzene rings is 1. The standard InChI is InChI=1S/C15H14ClNOS/c1-10-5-3-7-13(16)15(10)19-9-12-6-4-8-14(17-12)11(2)18/h3-8H,9H2,1-2H3. The molecule has 0 saturated heterocycles. The number of Topliss-reactive ketones (excluding diaryl/α,β-unsaturated/α-hetero) is 1. The lowest BCUT2D eigenvalue weighted by atomic mass is 10.2. The van der Waals surface area contributed by atoms with Gasteiger partial charge in [0.15, 0.2) is 5.78 Å². The number of thioether (sulfide) groups is 1. The Morgan fingerprint density at radius 1 is 1.26 bits per heavy atom. The van der Waals surface area contributed by atoms with Crippen molar-refractivity contribution in [3.8, 4) is 0 Å². The molecule has 0 radical (unpaired) electrons. The number of pyridine rings is 1. The second-order valence-corrected chi connectivity index (χ2v) is 5.64. The normalized spacial score (nSPS) is 10.5. The Morgan fingerprint density at radius 3 is 2.68 bits per heavy atom. The van der Waals surface area contributed by atoms with Gasteiger partial charge in [-0.3, -0.25) is 4.79 Å². The number of carbonyl (C=O) groups is 1. The summed E-state index contributed by atoms with van der Waals surface area (Å²) in [6.07, 6.45) is 0. The average Bonchev–Trinajstić information content (AvgIpc) is 2.38. The molecule has 2 nitrogen and oxygen atoms in total. The number of aryl methyl sites for hydroxylation is 1. The van der Waals surface area contributed by atoms with Gasteiger partial charge in [0.2, 0.25) is 0 Å². The zero-order valence-electron chi connectivity index (χ0n) is 10.8. The van der Waals surface area contributed by atoms with Crippen LogP contribution < -0.4 is 0 Å². The molecule has 0 amide bonds. The summed E-state index contributed by atoms with van der Waals surface area (Å²) in [6, 6.07) is 11.4. The molecule has 0 aliphatic rings. The lowest BCUT2D eigenvalue weighted by Crippen LogP contribution is -1.99. The summed E-state index contributed by atoms with van der Waals surface area (Å²) in [6.45, 7) is 3.56. The Labute approximate surface area is 122 Å². The van der Waals surface area contributed by atoms with Crippen LogP contribution in [0.4, 0.5) is 0 Å². The Balaban J connectivity index is 2.15. The van der Waals surface area contributed by atoms with Crippen LogP contribution in [0, 0.1) is 6.92 Å². The molecule has 4 heteroatoms. The monoisotopic (exact) mass is 291 g/mol. The summed E-state index contributed by atoms with van der Waals surface area (Å²) in [5.41, 5.74) is 2.55. The van der Waals surface area contributed by atoms with E-state index in [1.807, 2.05) is 37.3 Å². The Hall–Kier alpha value is -1.32. The average molecular weight is 292 g/mol. The van der Waals surface area contributed by atoms with Crippen molar-refractivity contribution in [2.75, 3.05) is 0 Å².